The van der Waals surface area contributed by atoms with Crippen LogP contribution in [0.25, 0.3) is 0 Å². The van der Waals surface area contributed by atoms with Gasteiger partial charge in [0, 0.05) is 10.2 Å². The van der Waals surface area contributed by atoms with E-state index in [1.54, 1.807) is 18.2 Å². The molecule has 0 saturated heterocycles. The third kappa shape index (κ3) is 3.04. The van der Waals surface area contributed by atoms with Crippen molar-refractivity contribution < 1.29 is 14.7 Å². The Balaban J connectivity index is 2.77. The molecule has 1 rings (SSSR count). The summed E-state index contributed by atoms with van der Waals surface area (Å²) >= 11 is 3.30. The van der Waals surface area contributed by atoms with Crippen LogP contribution in [-0.2, 0) is 9.59 Å². The smallest absolute Gasteiger partial charge is 0.330 e. The van der Waals surface area contributed by atoms with Gasteiger partial charge in [0.2, 0.25) is 0 Å². The zero-order valence-electron chi connectivity index (χ0n) is 8.53. The number of rotatable bonds is 3. The lowest BCUT2D eigenvalue weighted by molar-refractivity contribution is -0.141. The molecule has 16 heavy (non-hydrogen) atoms. The predicted octanol–water partition coefficient (Wildman–Crippen LogP) is 1.11. The topological polar surface area (TPSA) is 92.4 Å². The average molecular weight is 287 g/mol. The third-order valence-electron chi connectivity index (χ3n) is 1.99. The number of carboxylic acid groups (broad SMARTS) is 1. The van der Waals surface area contributed by atoms with E-state index in [1.807, 2.05) is 6.92 Å². The highest BCUT2D eigenvalue weighted by Gasteiger charge is 2.21. The highest BCUT2D eigenvalue weighted by Crippen LogP contribution is 2.20. The number of carboxylic acids is 1. The predicted molar refractivity (Wildman–Crippen MR) is 63.1 cm³/mol. The molecule has 0 aliphatic carbocycles. The summed E-state index contributed by atoms with van der Waals surface area (Å²) in [5, 5.41) is 11.0. The maximum absolute atomic E-state index is 11.3. The molecule has 1 aromatic rings. The highest BCUT2D eigenvalue weighted by molar-refractivity contribution is 9.10. The summed E-state index contributed by atoms with van der Waals surface area (Å²) in [4.78, 5) is 21.8. The first-order valence-corrected chi connectivity index (χ1v) is 5.26. The first-order chi connectivity index (χ1) is 7.41. The molecular weight excluding hydrogens is 276 g/mol. The van der Waals surface area contributed by atoms with E-state index >= 15 is 0 Å². The maximum Gasteiger partial charge on any atom is 0.330 e. The van der Waals surface area contributed by atoms with Gasteiger partial charge in [-0.15, -0.1) is 0 Å². The highest BCUT2D eigenvalue weighted by atomic mass is 79.9. The molecule has 4 N–H and O–H groups in total. The van der Waals surface area contributed by atoms with Crippen LogP contribution < -0.4 is 11.1 Å². The van der Waals surface area contributed by atoms with E-state index in [0.29, 0.717) is 5.69 Å². The van der Waals surface area contributed by atoms with Gasteiger partial charge in [0.1, 0.15) is 0 Å². The van der Waals surface area contributed by atoms with Crippen molar-refractivity contribution in [1.82, 2.24) is 0 Å². The van der Waals surface area contributed by atoms with E-state index in [-0.39, 0.29) is 0 Å². The second-order valence-corrected chi connectivity index (χ2v) is 4.12. The lowest BCUT2D eigenvalue weighted by Gasteiger charge is -2.09. The number of nitrogens with two attached hydrogens (primary N) is 1. The van der Waals surface area contributed by atoms with E-state index < -0.39 is 17.9 Å². The van der Waals surface area contributed by atoms with Crippen molar-refractivity contribution in [3.05, 3.63) is 28.2 Å². The summed E-state index contributed by atoms with van der Waals surface area (Å²) in [6.45, 7) is 1.90. The van der Waals surface area contributed by atoms with Crippen LogP contribution in [0.2, 0.25) is 0 Å². The second kappa shape index (κ2) is 5.09. The van der Waals surface area contributed by atoms with Crippen LogP contribution in [0, 0.1) is 6.92 Å². The van der Waals surface area contributed by atoms with Gasteiger partial charge >= 0.3 is 5.97 Å². The normalized spacial score (nSPS) is 11.9. The fourth-order valence-electron chi connectivity index (χ4n) is 1.00. The Bertz CT molecular complexity index is 434. The molecule has 0 fully saturated rings. The molecule has 0 aliphatic rings. The Morgan fingerprint density at radius 3 is 2.62 bits per heavy atom. The molecule has 1 amide bonds. The van der Waals surface area contributed by atoms with Crippen molar-refractivity contribution in [2.75, 3.05) is 5.32 Å². The molecule has 0 radical (unpaired) electrons. The molecule has 1 aromatic carbocycles. The number of carbonyl (C=O) groups excluding carboxylic acids is 1. The minimum absolute atomic E-state index is 0.499. The first kappa shape index (κ1) is 12.7. The number of hydrogen-bond acceptors (Lipinski definition) is 3. The molecule has 0 aliphatic heterocycles. The summed E-state index contributed by atoms with van der Waals surface area (Å²) in [7, 11) is 0. The standard InChI is InChI=1S/C10H11BrN2O3/c1-5-2-3-6(4-7(5)11)13-9(14)8(12)10(15)16/h2-4,8H,12H2,1H3,(H,13,14)(H,15,16). The molecule has 6 heteroatoms. The van der Waals surface area contributed by atoms with Gasteiger partial charge in [0.15, 0.2) is 6.04 Å². The lowest BCUT2D eigenvalue weighted by Crippen LogP contribution is -2.42. The Labute approximate surface area is 101 Å². The monoisotopic (exact) mass is 286 g/mol. The summed E-state index contributed by atoms with van der Waals surface area (Å²) in [6, 6.07) is 3.60. The second-order valence-electron chi connectivity index (χ2n) is 3.27. The Hall–Kier alpha value is -1.40. The molecule has 0 aromatic heterocycles. The molecule has 1 unspecified atom stereocenters. The fraction of sp³-hybridized carbons (Fsp3) is 0.200. The Morgan fingerprint density at radius 2 is 2.12 bits per heavy atom. The molecule has 1 atom stereocenters. The SMILES string of the molecule is Cc1ccc(NC(=O)C(N)C(=O)O)cc1Br. The van der Waals surface area contributed by atoms with Crippen LogP contribution in [0.5, 0.6) is 0 Å². The van der Waals surface area contributed by atoms with Gasteiger partial charge in [-0.1, -0.05) is 22.0 Å². The molecule has 0 spiro atoms. The number of nitrogens with one attached hydrogen (secondary N) is 1. The van der Waals surface area contributed by atoms with Crippen LogP contribution in [0.4, 0.5) is 5.69 Å². The number of aliphatic carboxylic acids is 1. The quantitative estimate of drug-likeness (QED) is 0.726. The van der Waals surface area contributed by atoms with E-state index in [4.69, 9.17) is 10.8 Å². The number of hydrogen-bond donors (Lipinski definition) is 3. The van der Waals surface area contributed by atoms with Crippen molar-refractivity contribution in [3.8, 4) is 0 Å². The number of aryl methyl sites for hydroxylation is 1. The van der Waals surface area contributed by atoms with Gasteiger partial charge in [-0.05, 0) is 24.6 Å². The molecule has 5 nitrogen and oxygen atoms in total. The largest absolute Gasteiger partial charge is 0.480 e. The van der Waals surface area contributed by atoms with Gasteiger partial charge in [0.25, 0.3) is 5.91 Å². The summed E-state index contributed by atoms with van der Waals surface area (Å²) in [5.74, 6) is -2.10. The maximum atomic E-state index is 11.3. The van der Waals surface area contributed by atoms with Gasteiger partial charge in [-0.2, -0.15) is 0 Å². The number of halogens is 1. The molecule has 0 heterocycles. The zero-order chi connectivity index (χ0) is 12.3. The van der Waals surface area contributed by atoms with E-state index in [2.05, 4.69) is 21.2 Å². The van der Waals surface area contributed by atoms with Gasteiger partial charge in [-0.25, -0.2) is 4.79 Å². The van der Waals surface area contributed by atoms with Crippen LogP contribution in [0.15, 0.2) is 22.7 Å². The number of carbonyl (C=O) groups is 2. The van der Waals surface area contributed by atoms with Crippen LogP contribution >= 0.6 is 15.9 Å². The van der Waals surface area contributed by atoms with Crippen LogP contribution in [0.3, 0.4) is 0 Å². The van der Waals surface area contributed by atoms with Crippen molar-refractivity contribution >= 4 is 33.5 Å². The molecule has 86 valence electrons. The van der Waals surface area contributed by atoms with Crippen LogP contribution in [-0.4, -0.2) is 23.0 Å². The number of benzene rings is 1. The van der Waals surface area contributed by atoms with Crippen molar-refractivity contribution in [3.63, 3.8) is 0 Å². The minimum Gasteiger partial charge on any atom is -0.480 e. The lowest BCUT2D eigenvalue weighted by atomic mass is 10.2. The number of anilines is 1. The summed E-state index contributed by atoms with van der Waals surface area (Å²) in [5.41, 5.74) is 6.67. The molecular formula is C10H11BrN2O3. The van der Waals surface area contributed by atoms with Crippen LogP contribution in [0.1, 0.15) is 5.56 Å². The molecule has 0 saturated carbocycles. The third-order valence-corrected chi connectivity index (χ3v) is 2.84. The van der Waals surface area contributed by atoms with E-state index in [0.717, 1.165) is 10.0 Å². The van der Waals surface area contributed by atoms with Gasteiger partial charge in [-0.3, -0.25) is 4.79 Å². The Kier molecular flexibility index (Phi) is 4.03. The molecule has 0 bridgehead atoms. The summed E-state index contributed by atoms with van der Waals surface area (Å²) < 4.78 is 0.828. The first-order valence-electron chi connectivity index (χ1n) is 4.47. The van der Waals surface area contributed by atoms with Gasteiger partial charge in [0.05, 0.1) is 0 Å². The fourth-order valence-corrected chi connectivity index (χ4v) is 1.38. The summed E-state index contributed by atoms with van der Waals surface area (Å²) in [6.07, 6.45) is 0. The van der Waals surface area contributed by atoms with Gasteiger partial charge < -0.3 is 16.2 Å². The minimum atomic E-state index is -1.56. The number of amides is 1. The Morgan fingerprint density at radius 1 is 1.50 bits per heavy atom. The average Bonchev–Trinajstić information content (AvgIpc) is 2.22. The van der Waals surface area contributed by atoms with Crippen molar-refractivity contribution in [2.45, 2.75) is 13.0 Å². The van der Waals surface area contributed by atoms with E-state index in [1.165, 1.54) is 0 Å². The van der Waals surface area contributed by atoms with Crippen molar-refractivity contribution in [2.24, 2.45) is 5.73 Å². The zero-order valence-corrected chi connectivity index (χ0v) is 10.1. The van der Waals surface area contributed by atoms with E-state index in [9.17, 15) is 9.59 Å². The van der Waals surface area contributed by atoms with Crippen molar-refractivity contribution in [1.29, 1.82) is 0 Å².